The van der Waals surface area contributed by atoms with E-state index in [2.05, 4.69) is 12.2 Å². The SMILES string of the molecule is CC1CCN(S(=O)(=O)c2ccc(C(=O)NC3CCCCC3CN)cc2)CC1. The van der Waals surface area contributed by atoms with Gasteiger partial charge >= 0.3 is 0 Å². The first-order valence-corrected chi connectivity index (χ1v) is 11.5. The Balaban J connectivity index is 1.66. The summed E-state index contributed by atoms with van der Waals surface area (Å²) in [4.78, 5) is 12.8. The van der Waals surface area contributed by atoms with Crippen molar-refractivity contribution in [3.05, 3.63) is 29.8 Å². The van der Waals surface area contributed by atoms with E-state index >= 15 is 0 Å². The summed E-state index contributed by atoms with van der Waals surface area (Å²) < 4.78 is 27.1. The van der Waals surface area contributed by atoms with Gasteiger partial charge in [-0.3, -0.25) is 4.79 Å². The predicted molar refractivity (Wildman–Crippen MR) is 106 cm³/mol. The number of carbonyl (C=O) groups excluding carboxylic acids is 1. The maximum Gasteiger partial charge on any atom is 0.251 e. The van der Waals surface area contributed by atoms with Crippen molar-refractivity contribution in [2.75, 3.05) is 19.6 Å². The van der Waals surface area contributed by atoms with E-state index in [0.29, 0.717) is 37.0 Å². The molecule has 1 heterocycles. The first-order chi connectivity index (χ1) is 12.9. The number of amides is 1. The van der Waals surface area contributed by atoms with Crippen LogP contribution in [0.25, 0.3) is 0 Å². The molecule has 3 N–H and O–H groups in total. The minimum atomic E-state index is -3.48. The molecule has 6 nitrogen and oxygen atoms in total. The molecule has 1 saturated carbocycles. The van der Waals surface area contributed by atoms with Gasteiger partial charge in [0.2, 0.25) is 10.0 Å². The highest BCUT2D eigenvalue weighted by Crippen LogP contribution is 2.25. The van der Waals surface area contributed by atoms with Crippen LogP contribution in [0.3, 0.4) is 0 Å². The summed E-state index contributed by atoms with van der Waals surface area (Å²) in [6.45, 7) is 3.86. The average Bonchev–Trinajstić information content (AvgIpc) is 2.69. The molecule has 2 unspecified atom stereocenters. The quantitative estimate of drug-likeness (QED) is 0.803. The van der Waals surface area contributed by atoms with Gasteiger partial charge in [-0.2, -0.15) is 4.31 Å². The zero-order chi connectivity index (χ0) is 19.4. The highest BCUT2D eigenvalue weighted by atomic mass is 32.2. The molecule has 0 aromatic heterocycles. The second-order valence-electron chi connectivity index (χ2n) is 7.97. The van der Waals surface area contributed by atoms with Crippen LogP contribution in [0.15, 0.2) is 29.2 Å². The van der Waals surface area contributed by atoms with E-state index in [4.69, 9.17) is 5.73 Å². The van der Waals surface area contributed by atoms with Crippen molar-refractivity contribution < 1.29 is 13.2 Å². The first kappa shape index (κ1) is 20.3. The smallest absolute Gasteiger partial charge is 0.251 e. The van der Waals surface area contributed by atoms with Crippen LogP contribution in [0.1, 0.15) is 55.8 Å². The number of rotatable bonds is 5. The zero-order valence-electron chi connectivity index (χ0n) is 16.1. The van der Waals surface area contributed by atoms with Crippen molar-refractivity contribution in [2.24, 2.45) is 17.6 Å². The molecule has 3 rings (SSSR count). The second-order valence-corrected chi connectivity index (χ2v) is 9.91. The number of sulfonamides is 1. The number of benzene rings is 1. The summed E-state index contributed by atoms with van der Waals surface area (Å²) >= 11 is 0. The van der Waals surface area contributed by atoms with E-state index in [1.807, 2.05) is 0 Å². The lowest BCUT2D eigenvalue weighted by Crippen LogP contribution is -2.44. The molecule has 2 atom stereocenters. The molecule has 1 aliphatic carbocycles. The molecule has 1 saturated heterocycles. The van der Waals surface area contributed by atoms with Crippen LogP contribution >= 0.6 is 0 Å². The highest BCUT2D eigenvalue weighted by Gasteiger charge is 2.29. The van der Waals surface area contributed by atoms with Crippen LogP contribution < -0.4 is 11.1 Å². The van der Waals surface area contributed by atoms with Crippen LogP contribution in [0.2, 0.25) is 0 Å². The molecule has 0 bridgehead atoms. The fourth-order valence-electron chi connectivity index (χ4n) is 4.08. The van der Waals surface area contributed by atoms with Crippen LogP contribution in [0.4, 0.5) is 0 Å². The Kier molecular flexibility index (Phi) is 6.55. The Bertz CT molecular complexity index is 740. The molecule has 1 aliphatic heterocycles. The fourth-order valence-corrected chi connectivity index (χ4v) is 5.55. The van der Waals surface area contributed by atoms with Gasteiger partial charge in [0, 0.05) is 24.7 Å². The van der Waals surface area contributed by atoms with Gasteiger partial charge in [0.25, 0.3) is 5.91 Å². The predicted octanol–water partition coefficient (Wildman–Crippen LogP) is 2.35. The third-order valence-corrected chi connectivity index (χ3v) is 7.94. The molecule has 1 aromatic rings. The standard InChI is InChI=1S/C20H31N3O3S/c1-15-10-12-23(13-11-15)27(25,26)18-8-6-16(7-9-18)20(24)22-19-5-3-2-4-17(19)14-21/h6-9,15,17,19H,2-5,10-14,21H2,1H3,(H,22,24). The molecule has 150 valence electrons. The Labute approximate surface area is 162 Å². The van der Waals surface area contributed by atoms with Crippen molar-refractivity contribution >= 4 is 15.9 Å². The Hall–Kier alpha value is -1.44. The Morgan fingerprint density at radius 2 is 1.74 bits per heavy atom. The molecule has 27 heavy (non-hydrogen) atoms. The Morgan fingerprint density at radius 1 is 1.11 bits per heavy atom. The molecule has 0 radical (unpaired) electrons. The van der Waals surface area contributed by atoms with E-state index in [1.165, 1.54) is 0 Å². The summed E-state index contributed by atoms with van der Waals surface area (Å²) in [6.07, 6.45) is 6.05. The van der Waals surface area contributed by atoms with Gasteiger partial charge in [-0.1, -0.05) is 19.8 Å². The number of carbonyl (C=O) groups is 1. The minimum absolute atomic E-state index is 0.106. The van der Waals surface area contributed by atoms with Gasteiger partial charge in [-0.05, 0) is 68.3 Å². The molecular formula is C20H31N3O3S. The number of hydrogen-bond acceptors (Lipinski definition) is 4. The molecule has 2 aliphatic rings. The van der Waals surface area contributed by atoms with Crippen LogP contribution in [0, 0.1) is 11.8 Å². The molecule has 1 amide bonds. The van der Waals surface area contributed by atoms with E-state index in [-0.39, 0.29) is 16.8 Å². The van der Waals surface area contributed by atoms with Crippen molar-refractivity contribution in [1.82, 2.24) is 9.62 Å². The topological polar surface area (TPSA) is 92.5 Å². The van der Waals surface area contributed by atoms with Crippen LogP contribution in [-0.2, 0) is 10.0 Å². The normalized spacial score (nSPS) is 25.3. The number of piperidine rings is 1. The summed E-state index contributed by atoms with van der Waals surface area (Å²) in [6, 6.07) is 6.41. The van der Waals surface area contributed by atoms with Gasteiger partial charge in [0.05, 0.1) is 4.90 Å². The second kappa shape index (κ2) is 8.71. The number of hydrogen-bond donors (Lipinski definition) is 2. The van der Waals surface area contributed by atoms with Crippen molar-refractivity contribution in [3.63, 3.8) is 0 Å². The highest BCUT2D eigenvalue weighted by molar-refractivity contribution is 7.89. The molecular weight excluding hydrogens is 362 g/mol. The lowest BCUT2D eigenvalue weighted by Gasteiger charge is -2.31. The number of nitrogens with two attached hydrogens (primary N) is 1. The molecule has 0 spiro atoms. The third kappa shape index (κ3) is 4.70. The van der Waals surface area contributed by atoms with Crippen molar-refractivity contribution in [1.29, 1.82) is 0 Å². The average molecular weight is 394 g/mol. The van der Waals surface area contributed by atoms with Crippen molar-refractivity contribution in [2.45, 2.75) is 56.4 Å². The van der Waals surface area contributed by atoms with Crippen molar-refractivity contribution in [3.8, 4) is 0 Å². The molecule has 1 aromatic carbocycles. The largest absolute Gasteiger partial charge is 0.349 e. The summed E-state index contributed by atoms with van der Waals surface area (Å²) in [7, 11) is -3.48. The number of nitrogens with zero attached hydrogens (tertiary/aromatic N) is 1. The van der Waals surface area contributed by atoms with Crippen LogP contribution in [0.5, 0.6) is 0 Å². The zero-order valence-corrected chi connectivity index (χ0v) is 16.9. The van der Waals surface area contributed by atoms with Gasteiger partial charge in [-0.15, -0.1) is 0 Å². The van der Waals surface area contributed by atoms with E-state index in [9.17, 15) is 13.2 Å². The van der Waals surface area contributed by atoms with Gasteiger partial charge in [0.15, 0.2) is 0 Å². The van der Waals surface area contributed by atoms with Gasteiger partial charge < -0.3 is 11.1 Å². The summed E-state index contributed by atoms with van der Waals surface area (Å²) in [5.41, 5.74) is 6.32. The monoisotopic (exact) mass is 393 g/mol. The summed E-state index contributed by atoms with van der Waals surface area (Å²) in [5, 5.41) is 3.08. The number of nitrogens with one attached hydrogen (secondary N) is 1. The molecule has 7 heteroatoms. The third-order valence-electron chi connectivity index (χ3n) is 6.03. The van der Waals surface area contributed by atoms with Crippen LogP contribution in [-0.4, -0.2) is 44.3 Å². The van der Waals surface area contributed by atoms with Gasteiger partial charge in [0.1, 0.15) is 0 Å². The lowest BCUT2D eigenvalue weighted by molar-refractivity contribution is 0.0908. The van der Waals surface area contributed by atoms with E-state index in [0.717, 1.165) is 38.5 Å². The van der Waals surface area contributed by atoms with Gasteiger partial charge in [-0.25, -0.2) is 8.42 Å². The minimum Gasteiger partial charge on any atom is -0.349 e. The summed E-state index contributed by atoms with van der Waals surface area (Å²) in [5.74, 6) is 0.736. The maximum absolute atomic E-state index is 12.8. The lowest BCUT2D eigenvalue weighted by atomic mass is 9.84. The maximum atomic E-state index is 12.8. The Morgan fingerprint density at radius 3 is 2.37 bits per heavy atom. The first-order valence-electron chi connectivity index (χ1n) is 10.0. The van der Waals surface area contributed by atoms with E-state index < -0.39 is 10.0 Å². The fraction of sp³-hybridized carbons (Fsp3) is 0.650. The van der Waals surface area contributed by atoms with E-state index in [1.54, 1.807) is 28.6 Å². The molecule has 2 fully saturated rings.